The second-order valence-electron chi connectivity index (χ2n) is 8.25. The molecule has 2 aromatic carbocycles. The van der Waals surface area contributed by atoms with Crippen LogP contribution in [0.5, 0.6) is 11.5 Å². The van der Waals surface area contributed by atoms with Crippen molar-refractivity contribution in [2.45, 2.75) is 46.0 Å². The third-order valence-corrected chi connectivity index (χ3v) is 5.83. The van der Waals surface area contributed by atoms with E-state index in [9.17, 15) is 13.2 Å². The monoisotopic (exact) mass is 447 g/mol. The minimum absolute atomic E-state index is 0.191. The lowest BCUT2D eigenvalue weighted by Gasteiger charge is -2.27. The van der Waals surface area contributed by atoms with Crippen molar-refractivity contribution in [3.05, 3.63) is 59.2 Å². The first-order valence-electron chi connectivity index (χ1n) is 10.5. The highest BCUT2D eigenvalue weighted by Crippen LogP contribution is 2.34. The number of benzene rings is 2. The van der Waals surface area contributed by atoms with Crippen molar-refractivity contribution in [2.75, 3.05) is 26.0 Å². The first-order valence-corrected chi connectivity index (χ1v) is 12.4. The molecule has 0 radical (unpaired) electrons. The minimum atomic E-state index is -3.40. The molecule has 0 aliphatic carbocycles. The van der Waals surface area contributed by atoms with Gasteiger partial charge in [0.15, 0.2) is 5.78 Å². The number of carbonyl (C=O) groups is 1. The molecule has 0 atom stereocenters. The number of carbonyl (C=O) groups excluding carboxylic acids is 1. The van der Waals surface area contributed by atoms with Gasteiger partial charge in [-0.2, -0.15) is 0 Å². The zero-order valence-corrected chi connectivity index (χ0v) is 19.8. The van der Waals surface area contributed by atoms with E-state index in [1.54, 1.807) is 0 Å². The third-order valence-electron chi connectivity index (χ3n) is 5.16. The van der Waals surface area contributed by atoms with E-state index in [1.807, 2.05) is 30.3 Å². The van der Waals surface area contributed by atoms with Crippen LogP contribution in [0.4, 0.5) is 0 Å². The zero-order chi connectivity index (χ0) is 23.1. The highest BCUT2D eigenvalue weighted by atomic mass is 32.2. The van der Waals surface area contributed by atoms with E-state index in [-0.39, 0.29) is 24.3 Å². The van der Waals surface area contributed by atoms with Crippen molar-refractivity contribution < 1.29 is 22.7 Å². The molecular weight excluding hydrogens is 414 g/mol. The Hall–Kier alpha value is -2.38. The fourth-order valence-corrected chi connectivity index (χ4v) is 3.51. The average Bonchev–Trinajstić information content (AvgIpc) is 2.71. The highest BCUT2D eigenvalue weighted by Gasteiger charge is 2.24. The first-order chi connectivity index (χ1) is 14.5. The van der Waals surface area contributed by atoms with Crippen LogP contribution in [0.15, 0.2) is 42.5 Å². The Balaban J connectivity index is 2.02. The number of rotatable bonds is 12. The van der Waals surface area contributed by atoms with E-state index >= 15 is 0 Å². The third kappa shape index (κ3) is 7.67. The van der Waals surface area contributed by atoms with Gasteiger partial charge in [-0.3, -0.25) is 4.79 Å². The molecular formula is C24H33NO5S. The molecule has 0 aliphatic heterocycles. The van der Waals surface area contributed by atoms with Gasteiger partial charge in [-0.05, 0) is 48.2 Å². The van der Waals surface area contributed by atoms with Crippen LogP contribution in [-0.2, 0) is 20.2 Å². The van der Waals surface area contributed by atoms with Gasteiger partial charge in [0.25, 0.3) is 0 Å². The van der Waals surface area contributed by atoms with E-state index in [1.165, 1.54) is 5.56 Å². The van der Waals surface area contributed by atoms with Crippen LogP contribution in [0.2, 0.25) is 0 Å². The average molecular weight is 448 g/mol. The number of nitrogens with one attached hydrogen (secondary N) is 1. The van der Waals surface area contributed by atoms with Crippen LogP contribution in [0.25, 0.3) is 0 Å². The summed E-state index contributed by atoms with van der Waals surface area (Å²) in [6.45, 7) is 8.80. The van der Waals surface area contributed by atoms with Crippen LogP contribution in [-0.4, -0.2) is 40.2 Å². The van der Waals surface area contributed by atoms with Crippen molar-refractivity contribution in [3.8, 4) is 11.5 Å². The summed E-state index contributed by atoms with van der Waals surface area (Å²) in [7, 11) is -3.40. The quantitative estimate of drug-likeness (QED) is 0.498. The molecule has 0 saturated heterocycles. The number of hydrogen-bond acceptors (Lipinski definition) is 5. The topological polar surface area (TPSA) is 81.7 Å². The van der Waals surface area contributed by atoms with Gasteiger partial charge in [-0.25, -0.2) is 13.1 Å². The van der Waals surface area contributed by atoms with Gasteiger partial charge in [0.05, 0.1) is 19.4 Å². The molecule has 2 aromatic rings. The van der Waals surface area contributed by atoms with E-state index in [4.69, 9.17) is 9.47 Å². The summed E-state index contributed by atoms with van der Waals surface area (Å²) >= 11 is 0. The van der Waals surface area contributed by atoms with E-state index in [0.29, 0.717) is 5.75 Å². The van der Waals surface area contributed by atoms with Gasteiger partial charge in [0.1, 0.15) is 18.1 Å². The molecule has 0 aliphatic rings. The second-order valence-corrected chi connectivity index (χ2v) is 10.1. The highest BCUT2D eigenvalue weighted by molar-refractivity contribution is 7.88. The van der Waals surface area contributed by atoms with Crippen molar-refractivity contribution in [2.24, 2.45) is 0 Å². The Labute approximate surface area is 186 Å². The van der Waals surface area contributed by atoms with Gasteiger partial charge in [0.2, 0.25) is 10.0 Å². The molecule has 0 bridgehead atoms. The summed E-state index contributed by atoms with van der Waals surface area (Å²) in [6.07, 6.45) is 3.16. The van der Waals surface area contributed by atoms with E-state index in [2.05, 4.69) is 44.5 Å². The number of hydrogen-bond donors (Lipinski definition) is 1. The van der Waals surface area contributed by atoms with Gasteiger partial charge < -0.3 is 9.47 Å². The summed E-state index contributed by atoms with van der Waals surface area (Å²) in [4.78, 5) is 11.8. The Morgan fingerprint density at radius 1 is 1.03 bits per heavy atom. The molecule has 7 heteroatoms. The number of ketones is 1. The lowest BCUT2D eigenvalue weighted by atomic mass is 9.77. The predicted molar refractivity (Wildman–Crippen MR) is 124 cm³/mol. The van der Waals surface area contributed by atoms with Crippen LogP contribution in [0.1, 0.15) is 50.3 Å². The fourth-order valence-electron chi connectivity index (χ4n) is 3.09. The van der Waals surface area contributed by atoms with Gasteiger partial charge >= 0.3 is 0 Å². The first kappa shape index (κ1) is 24.9. The van der Waals surface area contributed by atoms with Gasteiger partial charge in [-0.15, -0.1) is 0 Å². The summed E-state index contributed by atoms with van der Waals surface area (Å²) in [5, 5.41) is 0. The molecule has 2 rings (SSSR count). The van der Waals surface area contributed by atoms with Crippen molar-refractivity contribution in [3.63, 3.8) is 0 Å². The Kier molecular flexibility index (Phi) is 8.65. The molecule has 31 heavy (non-hydrogen) atoms. The molecule has 0 amide bonds. The second kappa shape index (κ2) is 10.8. The van der Waals surface area contributed by atoms with Crippen LogP contribution < -0.4 is 14.2 Å². The number of sulfonamides is 1. The Morgan fingerprint density at radius 3 is 2.26 bits per heavy atom. The SMILES string of the molecule is CCCCOc1ccc(C(C)(C)c2ccc(OCC(=O)CNS(C)(=O)=O)cc2)cc1C. The molecule has 170 valence electrons. The van der Waals surface area contributed by atoms with Crippen molar-refractivity contribution in [1.82, 2.24) is 4.72 Å². The van der Waals surface area contributed by atoms with E-state index < -0.39 is 10.0 Å². The summed E-state index contributed by atoms with van der Waals surface area (Å²) in [5.74, 6) is 1.14. The standard InChI is InChI=1S/C24H33NO5S/c1-6-7-14-29-23-13-10-20(15-18(23)2)24(3,4)19-8-11-22(12-9-19)30-17-21(26)16-25-31(5,27)28/h8-13,15,25H,6-7,14,16-17H2,1-5H3. The largest absolute Gasteiger partial charge is 0.493 e. The smallest absolute Gasteiger partial charge is 0.209 e. The van der Waals surface area contributed by atoms with Crippen LogP contribution in [0, 0.1) is 6.92 Å². The maximum Gasteiger partial charge on any atom is 0.209 e. The molecule has 0 saturated carbocycles. The molecule has 0 fully saturated rings. The number of Topliss-reactive ketones (excluding diaryl/α,β-unsaturated/α-hetero) is 1. The molecule has 1 N–H and O–H groups in total. The lowest BCUT2D eigenvalue weighted by Crippen LogP contribution is -2.31. The van der Waals surface area contributed by atoms with Crippen LogP contribution >= 0.6 is 0 Å². The molecule has 0 unspecified atom stereocenters. The Morgan fingerprint density at radius 2 is 1.68 bits per heavy atom. The lowest BCUT2D eigenvalue weighted by molar-refractivity contribution is -0.119. The number of ether oxygens (including phenoxy) is 2. The number of unbranched alkanes of at least 4 members (excludes halogenated alkanes) is 1. The Bertz CT molecular complexity index is 982. The summed E-state index contributed by atoms with van der Waals surface area (Å²) < 4.78 is 35.6. The van der Waals surface area contributed by atoms with Crippen LogP contribution in [0.3, 0.4) is 0 Å². The van der Waals surface area contributed by atoms with Crippen molar-refractivity contribution >= 4 is 15.8 Å². The summed E-state index contributed by atoms with van der Waals surface area (Å²) in [5.41, 5.74) is 3.19. The maximum absolute atomic E-state index is 11.8. The fraction of sp³-hybridized carbons (Fsp3) is 0.458. The molecule has 6 nitrogen and oxygen atoms in total. The number of aryl methyl sites for hydroxylation is 1. The van der Waals surface area contributed by atoms with Gasteiger partial charge in [0, 0.05) is 5.41 Å². The van der Waals surface area contributed by atoms with E-state index in [0.717, 1.165) is 42.6 Å². The molecule has 0 spiro atoms. The van der Waals surface area contributed by atoms with Gasteiger partial charge in [-0.1, -0.05) is 51.5 Å². The predicted octanol–water partition coefficient (Wildman–Crippen LogP) is 4.00. The normalized spacial score (nSPS) is 11.9. The minimum Gasteiger partial charge on any atom is -0.493 e. The summed E-state index contributed by atoms with van der Waals surface area (Å²) in [6, 6.07) is 13.9. The van der Waals surface area contributed by atoms with Crippen molar-refractivity contribution in [1.29, 1.82) is 0 Å². The maximum atomic E-state index is 11.8. The zero-order valence-electron chi connectivity index (χ0n) is 19.0. The molecule has 0 aromatic heterocycles. The molecule has 0 heterocycles.